The number of benzene rings is 1. The number of hydrogen-bond acceptors (Lipinski definition) is 3. The number of carbonyl (C=O) groups is 1. The second-order valence-corrected chi connectivity index (χ2v) is 5.36. The van der Waals surface area contributed by atoms with Crippen LogP contribution in [0.4, 0.5) is 5.69 Å². The van der Waals surface area contributed by atoms with E-state index in [-0.39, 0.29) is 5.91 Å². The van der Waals surface area contributed by atoms with Gasteiger partial charge in [0.15, 0.2) is 0 Å². The summed E-state index contributed by atoms with van der Waals surface area (Å²) in [5.74, 6) is 1.09. The lowest BCUT2D eigenvalue weighted by molar-refractivity contribution is -0.129. The smallest absolute Gasteiger partial charge is 0.219 e. The standard InChI is InChI=1S/C16H24N2O2/c1-4-20-16-11-12(2)5-6-15(16)17-14-7-9-18(10-8-14)13(3)19/h5-6,11,14,17H,4,7-10H2,1-3H3. The summed E-state index contributed by atoms with van der Waals surface area (Å²) < 4.78 is 5.69. The number of aryl methyl sites for hydroxylation is 1. The normalized spacial score (nSPS) is 16.1. The van der Waals surface area contributed by atoms with Crippen molar-refractivity contribution in [3.8, 4) is 5.75 Å². The van der Waals surface area contributed by atoms with Crippen LogP contribution in [-0.2, 0) is 4.79 Å². The highest BCUT2D eigenvalue weighted by Crippen LogP contribution is 2.28. The van der Waals surface area contributed by atoms with E-state index in [0.717, 1.165) is 37.4 Å². The van der Waals surface area contributed by atoms with Crippen LogP contribution in [0.2, 0.25) is 0 Å². The molecule has 1 N–H and O–H groups in total. The van der Waals surface area contributed by atoms with Gasteiger partial charge in [-0.05, 0) is 44.4 Å². The van der Waals surface area contributed by atoms with Crippen LogP contribution in [0.25, 0.3) is 0 Å². The second-order valence-electron chi connectivity index (χ2n) is 5.36. The Morgan fingerprint density at radius 2 is 2.10 bits per heavy atom. The van der Waals surface area contributed by atoms with Crippen LogP contribution in [-0.4, -0.2) is 36.5 Å². The van der Waals surface area contributed by atoms with Gasteiger partial charge in [0.1, 0.15) is 5.75 Å². The first-order valence-electron chi connectivity index (χ1n) is 7.35. The molecule has 0 aliphatic carbocycles. The summed E-state index contributed by atoms with van der Waals surface area (Å²) in [7, 11) is 0. The highest BCUT2D eigenvalue weighted by atomic mass is 16.5. The van der Waals surface area contributed by atoms with Crippen LogP contribution in [0.3, 0.4) is 0 Å². The molecule has 2 rings (SSSR count). The number of rotatable bonds is 4. The summed E-state index contributed by atoms with van der Waals surface area (Å²) in [4.78, 5) is 13.2. The fraction of sp³-hybridized carbons (Fsp3) is 0.562. The van der Waals surface area contributed by atoms with E-state index in [9.17, 15) is 4.79 Å². The monoisotopic (exact) mass is 276 g/mol. The van der Waals surface area contributed by atoms with Gasteiger partial charge in [-0.25, -0.2) is 0 Å². The first-order chi connectivity index (χ1) is 9.60. The summed E-state index contributed by atoms with van der Waals surface area (Å²) in [6, 6.07) is 6.65. The zero-order valence-corrected chi connectivity index (χ0v) is 12.6. The maximum Gasteiger partial charge on any atom is 0.219 e. The van der Waals surface area contributed by atoms with E-state index in [2.05, 4.69) is 30.4 Å². The van der Waals surface area contributed by atoms with E-state index in [1.165, 1.54) is 5.56 Å². The van der Waals surface area contributed by atoms with Gasteiger partial charge in [0, 0.05) is 26.1 Å². The van der Waals surface area contributed by atoms with Gasteiger partial charge in [0.05, 0.1) is 12.3 Å². The molecule has 0 radical (unpaired) electrons. The van der Waals surface area contributed by atoms with Gasteiger partial charge in [-0.2, -0.15) is 0 Å². The molecule has 1 fully saturated rings. The molecule has 4 nitrogen and oxygen atoms in total. The molecule has 0 bridgehead atoms. The largest absolute Gasteiger partial charge is 0.492 e. The minimum absolute atomic E-state index is 0.175. The molecule has 20 heavy (non-hydrogen) atoms. The van der Waals surface area contributed by atoms with Crippen molar-refractivity contribution in [2.24, 2.45) is 0 Å². The fourth-order valence-electron chi connectivity index (χ4n) is 2.58. The quantitative estimate of drug-likeness (QED) is 0.919. The molecule has 0 atom stereocenters. The highest BCUT2D eigenvalue weighted by Gasteiger charge is 2.21. The second kappa shape index (κ2) is 6.64. The number of hydrogen-bond donors (Lipinski definition) is 1. The van der Waals surface area contributed by atoms with Crippen molar-refractivity contribution in [3.05, 3.63) is 23.8 Å². The van der Waals surface area contributed by atoms with Crippen molar-refractivity contribution in [2.75, 3.05) is 25.0 Å². The average Bonchev–Trinajstić information content (AvgIpc) is 2.43. The van der Waals surface area contributed by atoms with Crippen molar-refractivity contribution in [3.63, 3.8) is 0 Å². The summed E-state index contributed by atoms with van der Waals surface area (Å²) in [5, 5.41) is 3.56. The lowest BCUT2D eigenvalue weighted by atomic mass is 10.0. The fourth-order valence-corrected chi connectivity index (χ4v) is 2.58. The minimum atomic E-state index is 0.175. The molecular formula is C16H24N2O2. The maximum atomic E-state index is 11.3. The molecule has 1 amide bonds. The van der Waals surface area contributed by atoms with Crippen molar-refractivity contribution < 1.29 is 9.53 Å². The predicted octanol–water partition coefficient (Wildman–Crippen LogP) is 2.82. The van der Waals surface area contributed by atoms with Gasteiger partial charge >= 0.3 is 0 Å². The predicted molar refractivity (Wildman–Crippen MR) is 81.2 cm³/mol. The molecule has 1 aromatic carbocycles. The Kier molecular flexibility index (Phi) is 4.88. The van der Waals surface area contributed by atoms with E-state index >= 15 is 0 Å². The first-order valence-corrected chi connectivity index (χ1v) is 7.35. The molecule has 110 valence electrons. The molecule has 1 saturated heterocycles. The number of nitrogens with zero attached hydrogens (tertiary/aromatic N) is 1. The third-order valence-electron chi connectivity index (χ3n) is 3.74. The molecule has 1 heterocycles. The lowest BCUT2D eigenvalue weighted by Crippen LogP contribution is -2.41. The maximum absolute atomic E-state index is 11.3. The van der Waals surface area contributed by atoms with Gasteiger partial charge in [0.25, 0.3) is 0 Å². The Hall–Kier alpha value is -1.71. The Labute approximate surface area is 121 Å². The van der Waals surface area contributed by atoms with Crippen LogP contribution in [0.5, 0.6) is 5.75 Å². The van der Waals surface area contributed by atoms with Gasteiger partial charge in [-0.15, -0.1) is 0 Å². The number of anilines is 1. The molecular weight excluding hydrogens is 252 g/mol. The summed E-state index contributed by atoms with van der Waals surface area (Å²) in [6.45, 7) is 8.04. The van der Waals surface area contributed by atoms with Gasteiger partial charge < -0.3 is 15.0 Å². The zero-order chi connectivity index (χ0) is 14.5. The van der Waals surface area contributed by atoms with E-state index in [1.807, 2.05) is 11.8 Å². The van der Waals surface area contributed by atoms with Crippen LogP contribution < -0.4 is 10.1 Å². The average molecular weight is 276 g/mol. The number of likely N-dealkylation sites (tertiary alicyclic amines) is 1. The molecule has 0 aromatic heterocycles. The molecule has 0 spiro atoms. The lowest BCUT2D eigenvalue weighted by Gasteiger charge is -2.32. The SMILES string of the molecule is CCOc1cc(C)ccc1NC1CCN(C(C)=O)CC1. The Morgan fingerprint density at radius 1 is 1.40 bits per heavy atom. The third kappa shape index (κ3) is 3.65. The molecule has 1 aliphatic heterocycles. The van der Waals surface area contributed by atoms with E-state index in [4.69, 9.17) is 4.74 Å². The number of carbonyl (C=O) groups excluding carboxylic acids is 1. The van der Waals surface area contributed by atoms with Crippen LogP contribution in [0.15, 0.2) is 18.2 Å². The third-order valence-corrected chi connectivity index (χ3v) is 3.74. The van der Waals surface area contributed by atoms with Gasteiger partial charge in [-0.3, -0.25) is 4.79 Å². The van der Waals surface area contributed by atoms with E-state index in [1.54, 1.807) is 6.92 Å². The molecule has 0 saturated carbocycles. The van der Waals surface area contributed by atoms with Crippen molar-refractivity contribution in [1.29, 1.82) is 0 Å². The number of nitrogens with one attached hydrogen (secondary N) is 1. The molecule has 1 aliphatic rings. The minimum Gasteiger partial charge on any atom is -0.492 e. The molecule has 1 aromatic rings. The van der Waals surface area contributed by atoms with Crippen molar-refractivity contribution in [1.82, 2.24) is 4.90 Å². The Bertz CT molecular complexity index is 466. The summed E-state index contributed by atoms with van der Waals surface area (Å²) in [6.07, 6.45) is 1.97. The van der Waals surface area contributed by atoms with Crippen molar-refractivity contribution >= 4 is 11.6 Å². The topological polar surface area (TPSA) is 41.6 Å². The number of amides is 1. The van der Waals surface area contributed by atoms with E-state index < -0.39 is 0 Å². The van der Waals surface area contributed by atoms with Gasteiger partial charge in [-0.1, -0.05) is 6.07 Å². The van der Waals surface area contributed by atoms with E-state index in [0.29, 0.717) is 12.6 Å². The molecule has 4 heteroatoms. The van der Waals surface area contributed by atoms with Crippen molar-refractivity contribution in [2.45, 2.75) is 39.7 Å². The van der Waals surface area contributed by atoms with Crippen LogP contribution >= 0.6 is 0 Å². The Morgan fingerprint density at radius 3 is 2.70 bits per heavy atom. The summed E-state index contributed by atoms with van der Waals surface area (Å²) >= 11 is 0. The molecule has 0 unspecified atom stereocenters. The van der Waals surface area contributed by atoms with Crippen LogP contribution in [0.1, 0.15) is 32.3 Å². The zero-order valence-electron chi connectivity index (χ0n) is 12.6. The van der Waals surface area contributed by atoms with Crippen LogP contribution in [0, 0.1) is 6.92 Å². The summed E-state index contributed by atoms with van der Waals surface area (Å²) in [5.41, 5.74) is 2.25. The number of piperidine rings is 1. The Balaban J connectivity index is 1.99. The highest BCUT2D eigenvalue weighted by molar-refractivity contribution is 5.73. The first kappa shape index (κ1) is 14.7. The number of ether oxygens (including phenoxy) is 1. The van der Waals surface area contributed by atoms with Gasteiger partial charge in [0.2, 0.25) is 5.91 Å².